The monoisotopic (exact) mass is 284 g/mol. The van der Waals surface area contributed by atoms with Crippen LogP contribution in [0.15, 0.2) is 18.2 Å². The predicted molar refractivity (Wildman–Crippen MR) is 73.7 cm³/mol. The molecule has 1 aromatic rings. The van der Waals surface area contributed by atoms with E-state index in [0.717, 1.165) is 25.7 Å². The lowest BCUT2D eigenvalue weighted by atomic mass is 9.90. The highest BCUT2D eigenvalue weighted by atomic mass is 35.5. The molecular weight excluding hydrogens is 267 g/mol. The molecule has 5 heteroatoms. The molecule has 0 aliphatic heterocycles. The number of benzene rings is 1. The van der Waals surface area contributed by atoms with Crippen LogP contribution in [-0.2, 0) is 0 Å². The minimum Gasteiger partial charge on any atom is -0.339 e. The number of nitrogens with zero attached hydrogens (tertiary/aromatic N) is 1. The molecule has 1 fully saturated rings. The summed E-state index contributed by atoms with van der Waals surface area (Å²) in [5, 5.41) is 0.292. The molecule has 2 N–H and O–H groups in total. The first-order valence-electron chi connectivity index (χ1n) is 6.47. The Morgan fingerprint density at radius 3 is 2.58 bits per heavy atom. The van der Waals surface area contributed by atoms with Crippen molar-refractivity contribution in [2.24, 2.45) is 5.73 Å². The van der Waals surface area contributed by atoms with Crippen molar-refractivity contribution in [3.8, 4) is 0 Å². The van der Waals surface area contributed by atoms with Gasteiger partial charge < -0.3 is 10.6 Å². The summed E-state index contributed by atoms with van der Waals surface area (Å²) in [4.78, 5) is 13.9. The third kappa shape index (κ3) is 3.25. The summed E-state index contributed by atoms with van der Waals surface area (Å²) in [5.74, 6) is -0.869. The standard InChI is InChI=1S/C14H18ClFN2O/c1-18(11-5-3-10(17)4-6-11)14(19)12-7-2-9(15)8-13(12)16/h2,7-8,10-11H,3-6,17H2,1H3. The summed E-state index contributed by atoms with van der Waals surface area (Å²) in [6.07, 6.45) is 3.56. The Bertz CT molecular complexity index is 473. The number of halogens is 2. The molecule has 0 unspecified atom stereocenters. The Kier molecular flexibility index (Phi) is 4.42. The van der Waals surface area contributed by atoms with E-state index in [1.165, 1.54) is 18.2 Å². The molecule has 1 saturated carbocycles. The minimum atomic E-state index is -0.572. The van der Waals surface area contributed by atoms with E-state index in [0.29, 0.717) is 5.02 Å². The van der Waals surface area contributed by atoms with Gasteiger partial charge in [0, 0.05) is 24.2 Å². The highest BCUT2D eigenvalue weighted by molar-refractivity contribution is 6.30. The van der Waals surface area contributed by atoms with Gasteiger partial charge in [0.2, 0.25) is 0 Å². The van der Waals surface area contributed by atoms with Crippen LogP contribution >= 0.6 is 11.6 Å². The average molecular weight is 285 g/mol. The van der Waals surface area contributed by atoms with Crippen LogP contribution in [0.5, 0.6) is 0 Å². The van der Waals surface area contributed by atoms with Crippen molar-refractivity contribution < 1.29 is 9.18 Å². The van der Waals surface area contributed by atoms with E-state index < -0.39 is 5.82 Å². The van der Waals surface area contributed by atoms with Gasteiger partial charge in [0.1, 0.15) is 5.82 Å². The zero-order valence-corrected chi connectivity index (χ0v) is 11.7. The third-order valence-electron chi connectivity index (χ3n) is 3.77. The van der Waals surface area contributed by atoms with Gasteiger partial charge in [-0.25, -0.2) is 4.39 Å². The van der Waals surface area contributed by atoms with Gasteiger partial charge in [-0.3, -0.25) is 4.79 Å². The summed E-state index contributed by atoms with van der Waals surface area (Å²) in [6.45, 7) is 0. The van der Waals surface area contributed by atoms with Crippen LogP contribution in [0.2, 0.25) is 5.02 Å². The van der Waals surface area contributed by atoms with E-state index in [-0.39, 0.29) is 23.6 Å². The van der Waals surface area contributed by atoms with Crippen molar-refractivity contribution >= 4 is 17.5 Å². The van der Waals surface area contributed by atoms with Crippen LogP contribution in [-0.4, -0.2) is 29.9 Å². The summed E-state index contributed by atoms with van der Waals surface area (Å²) in [5.41, 5.74) is 5.92. The van der Waals surface area contributed by atoms with E-state index in [1.807, 2.05) is 0 Å². The second kappa shape index (κ2) is 5.88. The molecule has 0 radical (unpaired) electrons. The quantitative estimate of drug-likeness (QED) is 0.908. The lowest BCUT2D eigenvalue weighted by Gasteiger charge is -2.33. The molecule has 104 valence electrons. The molecule has 0 bridgehead atoms. The number of carbonyl (C=O) groups is 1. The Labute approximate surface area is 117 Å². The Hall–Kier alpha value is -1.13. The van der Waals surface area contributed by atoms with Crippen LogP contribution in [0.4, 0.5) is 4.39 Å². The minimum absolute atomic E-state index is 0.0711. The molecule has 3 nitrogen and oxygen atoms in total. The Balaban J connectivity index is 2.10. The molecular formula is C14H18ClFN2O. The van der Waals surface area contributed by atoms with Gasteiger partial charge in [0.15, 0.2) is 0 Å². The number of hydrogen-bond acceptors (Lipinski definition) is 2. The zero-order chi connectivity index (χ0) is 14.0. The normalized spacial score (nSPS) is 23.2. The lowest BCUT2D eigenvalue weighted by Crippen LogP contribution is -2.42. The topological polar surface area (TPSA) is 46.3 Å². The summed E-state index contributed by atoms with van der Waals surface area (Å²) in [7, 11) is 1.72. The van der Waals surface area contributed by atoms with Gasteiger partial charge in [-0.15, -0.1) is 0 Å². The average Bonchev–Trinajstić information content (AvgIpc) is 2.38. The van der Waals surface area contributed by atoms with Crippen molar-refractivity contribution in [1.82, 2.24) is 4.90 Å². The second-order valence-corrected chi connectivity index (χ2v) is 5.55. The van der Waals surface area contributed by atoms with E-state index in [2.05, 4.69) is 0 Å². The van der Waals surface area contributed by atoms with Gasteiger partial charge in [-0.2, -0.15) is 0 Å². The number of amides is 1. The first-order chi connectivity index (χ1) is 8.99. The van der Waals surface area contributed by atoms with Crippen molar-refractivity contribution in [2.45, 2.75) is 37.8 Å². The maximum absolute atomic E-state index is 13.7. The second-order valence-electron chi connectivity index (χ2n) is 5.11. The molecule has 1 aliphatic carbocycles. The van der Waals surface area contributed by atoms with Crippen molar-refractivity contribution in [3.63, 3.8) is 0 Å². The van der Waals surface area contributed by atoms with Crippen LogP contribution in [0.3, 0.4) is 0 Å². The maximum atomic E-state index is 13.7. The van der Waals surface area contributed by atoms with E-state index >= 15 is 0 Å². The van der Waals surface area contributed by atoms with Gasteiger partial charge >= 0.3 is 0 Å². The molecule has 0 heterocycles. The van der Waals surface area contributed by atoms with Crippen LogP contribution in [0, 0.1) is 5.82 Å². The van der Waals surface area contributed by atoms with E-state index in [9.17, 15) is 9.18 Å². The Morgan fingerprint density at radius 2 is 2.00 bits per heavy atom. The highest BCUT2D eigenvalue weighted by Crippen LogP contribution is 2.23. The van der Waals surface area contributed by atoms with Crippen LogP contribution < -0.4 is 5.73 Å². The number of nitrogens with two attached hydrogens (primary N) is 1. The lowest BCUT2D eigenvalue weighted by molar-refractivity contribution is 0.0685. The van der Waals surface area contributed by atoms with Crippen molar-refractivity contribution in [2.75, 3.05) is 7.05 Å². The zero-order valence-electron chi connectivity index (χ0n) is 10.9. The first kappa shape index (κ1) is 14.3. The van der Waals surface area contributed by atoms with Crippen LogP contribution in [0.25, 0.3) is 0 Å². The van der Waals surface area contributed by atoms with Gasteiger partial charge in [-0.05, 0) is 43.9 Å². The first-order valence-corrected chi connectivity index (χ1v) is 6.84. The molecule has 1 aromatic carbocycles. The molecule has 1 aliphatic rings. The number of rotatable bonds is 2. The van der Waals surface area contributed by atoms with Crippen molar-refractivity contribution in [1.29, 1.82) is 0 Å². The molecule has 1 amide bonds. The Morgan fingerprint density at radius 1 is 1.37 bits per heavy atom. The summed E-state index contributed by atoms with van der Waals surface area (Å²) < 4.78 is 13.7. The van der Waals surface area contributed by atoms with Crippen LogP contribution in [0.1, 0.15) is 36.0 Å². The summed E-state index contributed by atoms with van der Waals surface area (Å²) in [6, 6.07) is 4.50. The predicted octanol–water partition coefficient (Wildman–Crippen LogP) is 2.82. The molecule has 0 atom stereocenters. The molecule has 0 aromatic heterocycles. The third-order valence-corrected chi connectivity index (χ3v) is 4.01. The molecule has 0 saturated heterocycles. The fourth-order valence-electron chi connectivity index (χ4n) is 2.51. The molecule has 0 spiro atoms. The smallest absolute Gasteiger partial charge is 0.256 e. The van der Waals surface area contributed by atoms with Crippen molar-refractivity contribution in [3.05, 3.63) is 34.6 Å². The molecule has 19 heavy (non-hydrogen) atoms. The van der Waals surface area contributed by atoms with Gasteiger partial charge in [0.25, 0.3) is 5.91 Å². The SMILES string of the molecule is CN(C(=O)c1ccc(Cl)cc1F)C1CCC(N)CC1. The van der Waals surface area contributed by atoms with Gasteiger partial charge in [0.05, 0.1) is 5.56 Å². The van der Waals surface area contributed by atoms with E-state index in [4.69, 9.17) is 17.3 Å². The number of hydrogen-bond donors (Lipinski definition) is 1. The highest BCUT2D eigenvalue weighted by Gasteiger charge is 2.26. The fraction of sp³-hybridized carbons (Fsp3) is 0.500. The molecule has 2 rings (SSSR count). The maximum Gasteiger partial charge on any atom is 0.256 e. The fourth-order valence-corrected chi connectivity index (χ4v) is 2.67. The number of carbonyl (C=O) groups excluding carboxylic acids is 1. The largest absolute Gasteiger partial charge is 0.339 e. The summed E-state index contributed by atoms with van der Waals surface area (Å²) >= 11 is 5.69. The van der Waals surface area contributed by atoms with E-state index in [1.54, 1.807) is 11.9 Å². The van der Waals surface area contributed by atoms with Gasteiger partial charge in [-0.1, -0.05) is 11.6 Å².